The van der Waals surface area contributed by atoms with Crippen LogP contribution in [0, 0.1) is 75.9 Å². The van der Waals surface area contributed by atoms with Crippen LogP contribution >= 0.6 is 0 Å². The highest BCUT2D eigenvalue weighted by molar-refractivity contribution is 6.21. The van der Waals surface area contributed by atoms with Crippen molar-refractivity contribution in [1.29, 1.82) is 0 Å². The second-order valence-corrected chi connectivity index (χ2v) is 25.0. The van der Waals surface area contributed by atoms with E-state index in [0.717, 1.165) is 133 Å². The summed E-state index contributed by atoms with van der Waals surface area (Å²) in [5, 5.41) is 15.5. The lowest BCUT2D eigenvalue weighted by Crippen LogP contribution is -2.56. The molecule has 7 heteroatoms. The Kier molecular flexibility index (Phi) is 13.1. The quantitative estimate of drug-likeness (QED) is 0.191. The molecule has 0 aromatic rings. The molecule has 70 heavy (non-hydrogen) atoms. The normalized spacial score (nSPS) is 36.3. The number of fused-ring (bicyclic) bond motifs is 10. The van der Waals surface area contributed by atoms with Crippen molar-refractivity contribution in [2.75, 3.05) is 0 Å². The number of esters is 1. The topological polar surface area (TPSA) is 95.6 Å². The van der Waals surface area contributed by atoms with Gasteiger partial charge in [-0.05, 0) is 196 Å². The van der Waals surface area contributed by atoms with E-state index in [9.17, 15) is 9.90 Å². The maximum Gasteiger partial charge on any atom is 0.306 e. The Morgan fingerprint density at radius 2 is 1.59 bits per heavy atom. The molecule has 7 nitrogen and oxygen atoms in total. The van der Waals surface area contributed by atoms with E-state index in [1.165, 1.54) is 69.8 Å². The van der Waals surface area contributed by atoms with Crippen LogP contribution in [0.25, 0.3) is 0 Å². The number of hydrogen-bond donors (Lipinski definition) is 2. The zero-order valence-corrected chi connectivity index (χ0v) is 45.2. The van der Waals surface area contributed by atoms with E-state index in [1.807, 2.05) is 6.08 Å². The summed E-state index contributed by atoms with van der Waals surface area (Å²) in [5.74, 6) is 7.17. The number of aliphatic hydroxyl groups is 1. The van der Waals surface area contributed by atoms with Crippen molar-refractivity contribution in [1.82, 2.24) is 5.32 Å². The molecule has 8 bridgehead atoms. The molecule has 10 aliphatic rings. The van der Waals surface area contributed by atoms with Gasteiger partial charge < -0.3 is 15.2 Å². The molecule has 10 rings (SSSR count). The van der Waals surface area contributed by atoms with E-state index >= 15 is 0 Å². The van der Waals surface area contributed by atoms with Crippen molar-refractivity contribution in [3.8, 4) is 0 Å². The molecule has 0 radical (unpaired) electrons. The van der Waals surface area contributed by atoms with E-state index in [4.69, 9.17) is 19.7 Å². The van der Waals surface area contributed by atoms with E-state index in [2.05, 4.69) is 113 Å². The monoisotopic (exact) mass is 947 g/mol. The van der Waals surface area contributed by atoms with Crippen LogP contribution in [0.4, 0.5) is 0 Å². The number of nitrogens with one attached hydrogen (secondary N) is 1. The number of nitrogens with zero attached hydrogens (tertiary/aromatic N) is 3. The highest BCUT2D eigenvalue weighted by atomic mass is 16.5. The zero-order chi connectivity index (χ0) is 49.7. The van der Waals surface area contributed by atoms with Gasteiger partial charge in [-0.3, -0.25) is 4.79 Å². The predicted octanol–water partition coefficient (Wildman–Crippen LogP) is 15.5. The van der Waals surface area contributed by atoms with Crippen molar-refractivity contribution in [3.63, 3.8) is 0 Å². The molecule has 0 aromatic heterocycles. The Bertz CT molecular complexity index is 2600. The smallest absolute Gasteiger partial charge is 0.306 e. The second-order valence-electron chi connectivity index (χ2n) is 25.0. The number of aliphatic imine (C=N–C) groups is 3. The molecule has 5 aliphatic heterocycles. The third-order valence-electron chi connectivity index (χ3n) is 21.6. The molecule has 1 saturated heterocycles. The van der Waals surface area contributed by atoms with Gasteiger partial charge in [-0.15, -0.1) is 0 Å². The minimum absolute atomic E-state index is 0.00636. The Hall–Kier alpha value is -4.26. The van der Waals surface area contributed by atoms with Crippen LogP contribution in [0.5, 0.6) is 0 Å². The maximum atomic E-state index is 14.3. The first-order valence-corrected chi connectivity index (χ1v) is 28.2. The first-order chi connectivity index (χ1) is 33.4. The fourth-order valence-corrected chi connectivity index (χ4v) is 17.4. The van der Waals surface area contributed by atoms with Gasteiger partial charge in [0.1, 0.15) is 11.9 Å². The van der Waals surface area contributed by atoms with Gasteiger partial charge in [0.05, 0.1) is 34.2 Å². The van der Waals surface area contributed by atoms with Crippen LogP contribution in [0.2, 0.25) is 0 Å². The highest BCUT2D eigenvalue weighted by Crippen LogP contribution is 2.69. The van der Waals surface area contributed by atoms with Gasteiger partial charge in [0.25, 0.3) is 0 Å². The van der Waals surface area contributed by atoms with Gasteiger partial charge >= 0.3 is 5.97 Å². The molecular weight excluding hydrogens is 861 g/mol. The number of aliphatic hydroxyl groups excluding tert-OH is 1. The fraction of sp³-hybridized carbons (Fsp3) is 0.651. The van der Waals surface area contributed by atoms with Crippen LogP contribution < -0.4 is 5.32 Å². The third-order valence-corrected chi connectivity index (χ3v) is 21.6. The summed E-state index contributed by atoms with van der Waals surface area (Å²) in [4.78, 5) is 29.9. The zero-order valence-electron chi connectivity index (χ0n) is 45.2. The van der Waals surface area contributed by atoms with Crippen molar-refractivity contribution in [3.05, 3.63) is 104 Å². The van der Waals surface area contributed by atoms with Crippen molar-refractivity contribution < 1.29 is 14.6 Å². The van der Waals surface area contributed by atoms with E-state index in [0.29, 0.717) is 47.7 Å². The highest BCUT2D eigenvalue weighted by Gasteiger charge is 2.62. The van der Waals surface area contributed by atoms with E-state index in [-0.39, 0.29) is 23.9 Å². The molecule has 0 aromatic carbocycles. The summed E-state index contributed by atoms with van der Waals surface area (Å²) >= 11 is 0. The average Bonchev–Trinajstić information content (AvgIpc) is 4.14. The number of ether oxygens (including phenoxy) is 1. The van der Waals surface area contributed by atoms with Gasteiger partial charge in [-0.2, -0.15) is 0 Å². The Morgan fingerprint density at radius 3 is 2.31 bits per heavy atom. The minimum Gasteiger partial charge on any atom is -0.511 e. The Balaban J connectivity index is 0.854. The number of carbonyl (C=O) groups is 1. The number of rotatable bonds is 12. The molecular formula is C63H86N4O3. The van der Waals surface area contributed by atoms with Crippen LogP contribution in [0.1, 0.15) is 179 Å². The molecule has 5 aliphatic carbocycles. The average molecular weight is 947 g/mol. The second kappa shape index (κ2) is 18.7. The predicted molar refractivity (Wildman–Crippen MR) is 288 cm³/mol. The van der Waals surface area contributed by atoms with Gasteiger partial charge in [0.15, 0.2) is 0 Å². The standard InChI is InChI=1S/C63H86N4O3/c1-14-40(33(4)5)18-17-34(6)46-22-23-48-44-19-21-47-38(10)57(26-28-63(47,13)49(44)25-27-62(46,48)12)70-58(69)24-20-43-37(9)52-30-50-35(7)41(15-2)54(64-50)31-51-36(8)42(16-3)55(65-51)32-53-39(11)59-56(68)29-45(60(43)66-52)61(59)67-53/h15,30-34,37-38,40,43-44,46-49,57,66,68H,2,14,16-29H2,1,3-13H3/t34-,37+,38+,40?,43+,44+,46-,47+,48+,49+,57+,62-,63+/m1/s1. The largest absolute Gasteiger partial charge is 0.511 e. The van der Waals surface area contributed by atoms with Crippen LogP contribution in [0.15, 0.2) is 119 Å². The van der Waals surface area contributed by atoms with Crippen LogP contribution in [-0.2, 0) is 9.53 Å². The fourth-order valence-electron chi connectivity index (χ4n) is 17.4. The molecule has 376 valence electrons. The molecule has 0 spiro atoms. The Labute approximate surface area is 421 Å². The summed E-state index contributed by atoms with van der Waals surface area (Å²) in [7, 11) is 0. The van der Waals surface area contributed by atoms with Gasteiger partial charge in [0.2, 0.25) is 0 Å². The lowest BCUT2D eigenvalue weighted by atomic mass is 9.43. The summed E-state index contributed by atoms with van der Waals surface area (Å²) in [6.07, 6.45) is 25.0. The molecule has 2 N–H and O–H groups in total. The molecule has 13 atom stereocenters. The molecule has 1 unspecified atom stereocenters. The third kappa shape index (κ3) is 7.94. The molecule has 5 fully saturated rings. The lowest BCUT2D eigenvalue weighted by Gasteiger charge is -2.62. The lowest BCUT2D eigenvalue weighted by molar-refractivity contribution is -0.175. The van der Waals surface area contributed by atoms with Crippen LogP contribution in [-0.4, -0.2) is 34.3 Å². The summed E-state index contributed by atoms with van der Waals surface area (Å²) in [6.45, 7) is 32.6. The molecule has 4 saturated carbocycles. The SMILES string of the molecule is C=CC1=C(C)C2=NC1=CC1=NC(=CC3=C(C)C4=C(O)CC(=C5NC(=C2)[C@@H](C)[C@@H]5CCC(=O)O[C@H]2CC[C@@]5(C)[C@@H](CC[C@@H]6[C@@H]5CC[C@]5(C)[C@@H]([C@H](C)CCC(CC)C(C)C)CC[C@@H]65)[C@@H]2C)C4=N3)C(CC)=C1C. The van der Waals surface area contributed by atoms with Crippen LogP contribution in [0.3, 0.4) is 0 Å². The maximum absolute atomic E-state index is 14.3. The first kappa shape index (κ1) is 49.3. The summed E-state index contributed by atoms with van der Waals surface area (Å²) in [5.41, 5.74) is 15.4. The molecule has 5 heterocycles. The van der Waals surface area contributed by atoms with E-state index < -0.39 is 0 Å². The summed E-state index contributed by atoms with van der Waals surface area (Å²) < 4.78 is 6.64. The van der Waals surface area contributed by atoms with Crippen molar-refractivity contribution in [2.45, 2.75) is 186 Å². The van der Waals surface area contributed by atoms with Crippen molar-refractivity contribution >= 4 is 23.1 Å². The number of hydrogen-bond acceptors (Lipinski definition) is 7. The molecule has 0 amide bonds. The first-order valence-electron chi connectivity index (χ1n) is 28.2. The van der Waals surface area contributed by atoms with Gasteiger partial charge in [-0.25, -0.2) is 15.0 Å². The van der Waals surface area contributed by atoms with Crippen molar-refractivity contribution in [2.24, 2.45) is 90.9 Å². The van der Waals surface area contributed by atoms with E-state index in [1.54, 1.807) is 0 Å². The minimum atomic E-state index is -0.0758. The van der Waals surface area contributed by atoms with Gasteiger partial charge in [0, 0.05) is 52.8 Å². The number of carbonyl (C=O) groups excluding carboxylic acids is 1. The Morgan fingerprint density at radius 1 is 0.871 bits per heavy atom. The number of allylic oxidation sites excluding steroid dienone is 12. The summed E-state index contributed by atoms with van der Waals surface area (Å²) in [6, 6.07) is 0. The van der Waals surface area contributed by atoms with Gasteiger partial charge in [-0.1, -0.05) is 87.8 Å².